The molecule has 4 rings (SSSR count). The van der Waals surface area contributed by atoms with Crippen molar-refractivity contribution in [2.75, 3.05) is 33.8 Å². The smallest absolute Gasteiger partial charge is 0.290 e. The summed E-state index contributed by atoms with van der Waals surface area (Å²) >= 11 is 0. The molecule has 6 nitrogen and oxygen atoms in total. The molecule has 174 valence electrons. The average molecular weight is 449 g/mol. The van der Waals surface area contributed by atoms with Gasteiger partial charge in [0.1, 0.15) is 11.3 Å². The van der Waals surface area contributed by atoms with E-state index < -0.39 is 6.04 Å². The van der Waals surface area contributed by atoms with Gasteiger partial charge < -0.3 is 19.0 Å². The maximum Gasteiger partial charge on any atom is 0.290 e. The zero-order chi connectivity index (χ0) is 23.4. The highest BCUT2D eigenvalue weighted by Crippen LogP contribution is 2.39. The number of nitrogens with zero attached hydrogens (tertiary/aromatic N) is 2. The largest absolute Gasteiger partial charge is 0.494 e. The summed E-state index contributed by atoms with van der Waals surface area (Å²) in [4.78, 5) is 30.8. The fourth-order valence-corrected chi connectivity index (χ4v) is 4.42. The minimum atomic E-state index is -0.491. The Balaban J connectivity index is 1.74. The number of amides is 1. The minimum Gasteiger partial charge on any atom is -0.494 e. The molecule has 1 atom stereocenters. The van der Waals surface area contributed by atoms with Crippen LogP contribution in [0.2, 0.25) is 0 Å². The highest BCUT2D eigenvalue weighted by molar-refractivity contribution is 5.99. The van der Waals surface area contributed by atoms with E-state index in [2.05, 4.69) is 11.8 Å². The molecule has 33 heavy (non-hydrogen) atoms. The van der Waals surface area contributed by atoms with E-state index in [0.29, 0.717) is 29.7 Å². The third-order valence-electron chi connectivity index (χ3n) is 6.07. The summed E-state index contributed by atoms with van der Waals surface area (Å²) in [6, 6.07) is 14.4. The van der Waals surface area contributed by atoms with E-state index in [9.17, 15) is 9.59 Å². The number of hydrogen-bond acceptors (Lipinski definition) is 5. The number of para-hydroxylation sites is 1. The quantitative estimate of drug-likeness (QED) is 0.415. The Bertz CT molecular complexity index is 1180. The molecular weight excluding hydrogens is 416 g/mol. The number of fused-ring (bicyclic) bond motifs is 2. The Morgan fingerprint density at radius 3 is 2.64 bits per heavy atom. The van der Waals surface area contributed by atoms with Crippen LogP contribution in [0.3, 0.4) is 0 Å². The van der Waals surface area contributed by atoms with E-state index in [1.54, 1.807) is 17.0 Å². The van der Waals surface area contributed by atoms with Gasteiger partial charge in [-0.2, -0.15) is 0 Å². The normalized spacial score (nSPS) is 15.5. The number of hydrogen-bond donors (Lipinski definition) is 0. The summed E-state index contributed by atoms with van der Waals surface area (Å²) in [5.41, 5.74) is 1.58. The second kappa shape index (κ2) is 10.2. The van der Waals surface area contributed by atoms with Crippen LogP contribution in [-0.4, -0.2) is 49.5 Å². The molecule has 3 aromatic rings. The fourth-order valence-electron chi connectivity index (χ4n) is 4.42. The van der Waals surface area contributed by atoms with Crippen LogP contribution in [0.4, 0.5) is 0 Å². The predicted molar refractivity (Wildman–Crippen MR) is 130 cm³/mol. The van der Waals surface area contributed by atoms with Gasteiger partial charge in [-0.05, 0) is 63.3 Å². The van der Waals surface area contributed by atoms with Crippen LogP contribution in [0.25, 0.3) is 11.0 Å². The molecule has 0 fully saturated rings. The molecule has 0 saturated heterocycles. The minimum absolute atomic E-state index is 0.144. The van der Waals surface area contributed by atoms with Gasteiger partial charge in [0.2, 0.25) is 5.76 Å². The second-order valence-electron chi connectivity index (χ2n) is 8.86. The van der Waals surface area contributed by atoms with Gasteiger partial charge in [0, 0.05) is 6.54 Å². The first-order chi connectivity index (χ1) is 16.0. The molecule has 2 aromatic carbocycles. The van der Waals surface area contributed by atoms with Crippen LogP contribution in [0.1, 0.15) is 60.3 Å². The van der Waals surface area contributed by atoms with Crippen LogP contribution in [-0.2, 0) is 0 Å². The van der Waals surface area contributed by atoms with Crippen molar-refractivity contribution in [2.24, 2.45) is 0 Å². The van der Waals surface area contributed by atoms with E-state index in [4.69, 9.17) is 9.15 Å². The van der Waals surface area contributed by atoms with E-state index in [0.717, 1.165) is 43.5 Å². The lowest BCUT2D eigenvalue weighted by Gasteiger charge is -2.26. The van der Waals surface area contributed by atoms with Gasteiger partial charge >= 0.3 is 0 Å². The Kier molecular flexibility index (Phi) is 7.14. The van der Waals surface area contributed by atoms with Crippen LogP contribution >= 0.6 is 0 Å². The van der Waals surface area contributed by atoms with E-state index in [1.807, 2.05) is 50.5 Å². The first-order valence-corrected chi connectivity index (χ1v) is 11.8. The first-order valence-electron chi connectivity index (χ1n) is 11.8. The molecule has 0 aliphatic carbocycles. The number of carbonyl (C=O) groups excluding carboxylic acids is 1. The molecule has 1 aliphatic rings. The standard InChI is InChI=1S/C27H32N2O4/c1-4-5-8-17-32-20-12-9-11-19(18-20)24-23-25(30)21-13-6-7-14-22(21)33-26(23)27(31)29(24)16-10-15-28(2)3/h6-7,9,11-14,18,24H,4-5,8,10,15-17H2,1-3H3/t24-/m1/s1. The van der Waals surface area contributed by atoms with E-state index in [1.165, 1.54) is 0 Å². The Morgan fingerprint density at radius 2 is 1.85 bits per heavy atom. The van der Waals surface area contributed by atoms with Gasteiger partial charge in [0.25, 0.3) is 5.91 Å². The Hall–Kier alpha value is -3.12. The maximum atomic E-state index is 13.5. The SMILES string of the molecule is CCCCCOc1cccc([C@@H]2c3c(oc4ccccc4c3=O)C(=O)N2CCCN(C)C)c1. The van der Waals surface area contributed by atoms with Crippen molar-refractivity contribution in [3.63, 3.8) is 0 Å². The van der Waals surface area contributed by atoms with Gasteiger partial charge in [0.05, 0.1) is 23.6 Å². The van der Waals surface area contributed by atoms with Gasteiger partial charge in [0.15, 0.2) is 5.43 Å². The summed E-state index contributed by atoms with van der Waals surface area (Å²) in [5.74, 6) is 0.677. The maximum absolute atomic E-state index is 13.5. The predicted octanol–water partition coefficient (Wildman–Crippen LogP) is 4.86. The fraction of sp³-hybridized carbons (Fsp3) is 0.407. The average Bonchev–Trinajstić information content (AvgIpc) is 3.09. The summed E-state index contributed by atoms with van der Waals surface area (Å²) in [5, 5.41) is 0.496. The highest BCUT2D eigenvalue weighted by atomic mass is 16.5. The van der Waals surface area contributed by atoms with Crippen molar-refractivity contribution in [3.8, 4) is 5.75 Å². The Morgan fingerprint density at radius 1 is 1.03 bits per heavy atom. The molecule has 0 unspecified atom stereocenters. The number of ether oxygens (including phenoxy) is 1. The van der Waals surface area contributed by atoms with Crippen molar-refractivity contribution in [2.45, 2.75) is 38.6 Å². The number of benzene rings is 2. The van der Waals surface area contributed by atoms with Gasteiger partial charge in [-0.25, -0.2) is 0 Å². The number of rotatable bonds is 10. The molecule has 0 N–H and O–H groups in total. The molecular formula is C27H32N2O4. The lowest BCUT2D eigenvalue weighted by atomic mass is 9.98. The van der Waals surface area contributed by atoms with Gasteiger partial charge in [-0.1, -0.05) is 44.0 Å². The van der Waals surface area contributed by atoms with Crippen molar-refractivity contribution in [3.05, 3.63) is 75.6 Å². The third-order valence-corrected chi connectivity index (χ3v) is 6.07. The molecule has 6 heteroatoms. The first kappa shape index (κ1) is 23.1. The summed E-state index contributed by atoms with van der Waals surface area (Å²) in [6.07, 6.45) is 4.05. The van der Waals surface area contributed by atoms with Gasteiger partial charge in [-0.3, -0.25) is 9.59 Å². The van der Waals surface area contributed by atoms with E-state index >= 15 is 0 Å². The van der Waals surface area contributed by atoms with Crippen LogP contribution in [0.15, 0.2) is 57.7 Å². The Labute approximate surface area is 194 Å². The molecule has 1 aliphatic heterocycles. The molecule has 1 aromatic heterocycles. The monoisotopic (exact) mass is 448 g/mol. The zero-order valence-corrected chi connectivity index (χ0v) is 19.7. The second-order valence-corrected chi connectivity index (χ2v) is 8.86. The van der Waals surface area contributed by atoms with Gasteiger partial charge in [-0.15, -0.1) is 0 Å². The lowest BCUT2D eigenvalue weighted by Crippen LogP contribution is -2.32. The highest BCUT2D eigenvalue weighted by Gasteiger charge is 2.42. The van der Waals surface area contributed by atoms with Crippen molar-refractivity contribution < 1.29 is 13.9 Å². The topological polar surface area (TPSA) is 63.0 Å². The summed E-state index contributed by atoms with van der Waals surface area (Å²) in [6.45, 7) is 4.19. The summed E-state index contributed by atoms with van der Waals surface area (Å²) in [7, 11) is 4.02. The molecule has 2 heterocycles. The lowest BCUT2D eigenvalue weighted by molar-refractivity contribution is 0.0722. The summed E-state index contributed by atoms with van der Waals surface area (Å²) < 4.78 is 12.0. The molecule has 1 amide bonds. The van der Waals surface area contributed by atoms with Crippen molar-refractivity contribution >= 4 is 16.9 Å². The molecule has 0 radical (unpaired) electrons. The molecule has 0 spiro atoms. The molecule has 0 saturated carbocycles. The third kappa shape index (κ3) is 4.81. The molecule has 0 bridgehead atoms. The number of carbonyl (C=O) groups is 1. The van der Waals surface area contributed by atoms with Crippen molar-refractivity contribution in [1.82, 2.24) is 9.80 Å². The van der Waals surface area contributed by atoms with E-state index in [-0.39, 0.29) is 17.1 Å². The number of unbranched alkanes of at least 4 members (excludes halogenated alkanes) is 2. The van der Waals surface area contributed by atoms with Crippen molar-refractivity contribution in [1.29, 1.82) is 0 Å². The van der Waals surface area contributed by atoms with Crippen LogP contribution in [0.5, 0.6) is 5.75 Å². The van der Waals surface area contributed by atoms with Crippen LogP contribution < -0.4 is 10.2 Å². The van der Waals surface area contributed by atoms with Crippen LogP contribution in [0, 0.1) is 0 Å². The zero-order valence-electron chi connectivity index (χ0n) is 19.7.